The van der Waals surface area contributed by atoms with Crippen molar-refractivity contribution in [2.45, 2.75) is 11.4 Å². The van der Waals surface area contributed by atoms with Crippen molar-refractivity contribution in [3.05, 3.63) is 96.3 Å². The molecule has 33 heavy (non-hydrogen) atoms. The van der Waals surface area contributed by atoms with Gasteiger partial charge in [0.2, 0.25) is 0 Å². The fourth-order valence-corrected chi connectivity index (χ4v) is 4.40. The number of amides is 1. The van der Waals surface area contributed by atoms with Gasteiger partial charge in [0.15, 0.2) is 15.5 Å². The number of carbonyl (C=O) groups excluding carboxylic acids is 1. The molecule has 0 saturated carbocycles. The van der Waals surface area contributed by atoms with Crippen LogP contribution in [0.2, 0.25) is 0 Å². The standard InChI is InChI=1S/C25H20N4O3S/c1-33(31,32)20-11-8-17(9-12-20)16-29-23-7-3-2-6-21(23)24(28-29)25(30)27-19-10-13-22-18(15-19)5-4-14-26-22/h2-15H,16H2,1H3,(H,27,30). The summed E-state index contributed by atoms with van der Waals surface area (Å²) < 4.78 is 25.2. The Kier molecular flexibility index (Phi) is 5.14. The van der Waals surface area contributed by atoms with Crippen LogP contribution in [0.4, 0.5) is 5.69 Å². The molecule has 0 fully saturated rings. The number of anilines is 1. The summed E-state index contributed by atoms with van der Waals surface area (Å²) in [5.41, 5.74) is 3.54. The zero-order valence-corrected chi connectivity index (χ0v) is 18.6. The molecular weight excluding hydrogens is 436 g/mol. The monoisotopic (exact) mass is 456 g/mol. The van der Waals surface area contributed by atoms with Gasteiger partial charge in [0.25, 0.3) is 5.91 Å². The lowest BCUT2D eigenvalue weighted by atomic mass is 10.1. The molecular formula is C25H20N4O3S. The highest BCUT2D eigenvalue weighted by molar-refractivity contribution is 7.90. The summed E-state index contributed by atoms with van der Waals surface area (Å²) in [4.78, 5) is 17.7. The molecule has 0 aliphatic carbocycles. The number of hydrogen-bond donors (Lipinski definition) is 1. The number of fused-ring (bicyclic) bond motifs is 2. The highest BCUT2D eigenvalue weighted by atomic mass is 32.2. The molecule has 0 aliphatic heterocycles. The molecule has 8 heteroatoms. The van der Waals surface area contributed by atoms with Crippen molar-refractivity contribution in [1.82, 2.24) is 14.8 Å². The lowest BCUT2D eigenvalue weighted by Crippen LogP contribution is -2.14. The van der Waals surface area contributed by atoms with Crippen molar-refractivity contribution in [3.63, 3.8) is 0 Å². The second kappa shape index (κ2) is 8.14. The van der Waals surface area contributed by atoms with E-state index in [9.17, 15) is 13.2 Å². The van der Waals surface area contributed by atoms with Crippen LogP contribution in [0.3, 0.4) is 0 Å². The molecule has 1 N–H and O–H groups in total. The van der Waals surface area contributed by atoms with E-state index >= 15 is 0 Å². The van der Waals surface area contributed by atoms with Gasteiger partial charge in [-0.05, 0) is 48.0 Å². The van der Waals surface area contributed by atoms with Crippen LogP contribution in [0, 0.1) is 0 Å². The lowest BCUT2D eigenvalue weighted by Gasteiger charge is -2.06. The molecule has 0 saturated heterocycles. The molecule has 1 amide bonds. The van der Waals surface area contributed by atoms with Gasteiger partial charge >= 0.3 is 0 Å². The van der Waals surface area contributed by atoms with Crippen LogP contribution in [-0.4, -0.2) is 35.3 Å². The summed E-state index contributed by atoms with van der Waals surface area (Å²) in [5.74, 6) is -0.305. The van der Waals surface area contributed by atoms with Gasteiger partial charge < -0.3 is 5.32 Å². The number of carbonyl (C=O) groups is 1. The predicted molar refractivity (Wildman–Crippen MR) is 128 cm³/mol. The third kappa shape index (κ3) is 4.20. The molecule has 164 valence electrons. The molecule has 5 rings (SSSR count). The van der Waals surface area contributed by atoms with Crippen molar-refractivity contribution in [1.29, 1.82) is 0 Å². The topological polar surface area (TPSA) is 94.0 Å². The van der Waals surface area contributed by atoms with Crippen LogP contribution >= 0.6 is 0 Å². The number of nitrogens with zero attached hydrogens (tertiary/aromatic N) is 3. The van der Waals surface area contributed by atoms with Crippen molar-refractivity contribution < 1.29 is 13.2 Å². The van der Waals surface area contributed by atoms with Crippen molar-refractivity contribution in [2.75, 3.05) is 11.6 Å². The summed E-state index contributed by atoms with van der Waals surface area (Å²) in [7, 11) is -3.26. The van der Waals surface area contributed by atoms with Gasteiger partial charge in [0.1, 0.15) is 0 Å². The van der Waals surface area contributed by atoms with Gasteiger partial charge in [-0.3, -0.25) is 14.5 Å². The van der Waals surface area contributed by atoms with E-state index in [1.54, 1.807) is 35.1 Å². The SMILES string of the molecule is CS(=O)(=O)c1ccc(Cn2nc(C(=O)Nc3ccc4ncccc4c3)c3ccccc32)cc1. The van der Waals surface area contributed by atoms with E-state index in [1.165, 1.54) is 6.26 Å². The maximum Gasteiger partial charge on any atom is 0.276 e. The van der Waals surface area contributed by atoms with E-state index in [0.29, 0.717) is 17.9 Å². The maximum absolute atomic E-state index is 13.1. The van der Waals surface area contributed by atoms with E-state index in [2.05, 4.69) is 15.4 Å². The van der Waals surface area contributed by atoms with Crippen molar-refractivity contribution in [3.8, 4) is 0 Å². The van der Waals surface area contributed by atoms with E-state index in [1.807, 2.05) is 54.6 Å². The van der Waals surface area contributed by atoms with Gasteiger partial charge in [-0.1, -0.05) is 36.4 Å². The molecule has 0 bridgehead atoms. The fourth-order valence-electron chi connectivity index (χ4n) is 3.77. The van der Waals surface area contributed by atoms with E-state index in [4.69, 9.17) is 0 Å². The number of rotatable bonds is 5. The average Bonchev–Trinajstić information content (AvgIpc) is 3.17. The molecule has 2 heterocycles. The minimum atomic E-state index is -3.26. The minimum Gasteiger partial charge on any atom is -0.321 e. The second-order valence-corrected chi connectivity index (χ2v) is 9.82. The first-order valence-electron chi connectivity index (χ1n) is 10.3. The van der Waals surface area contributed by atoms with E-state index < -0.39 is 9.84 Å². The zero-order valence-electron chi connectivity index (χ0n) is 17.8. The van der Waals surface area contributed by atoms with Gasteiger partial charge in [-0.15, -0.1) is 0 Å². The molecule has 3 aromatic carbocycles. The van der Waals surface area contributed by atoms with Gasteiger partial charge in [-0.25, -0.2) is 8.42 Å². The first-order chi connectivity index (χ1) is 15.9. The molecule has 0 spiro atoms. The van der Waals surface area contributed by atoms with Crippen molar-refractivity contribution >= 4 is 43.2 Å². The minimum absolute atomic E-state index is 0.266. The van der Waals surface area contributed by atoms with Crippen LogP contribution < -0.4 is 5.32 Å². The maximum atomic E-state index is 13.1. The molecule has 5 aromatic rings. The third-order valence-corrected chi connectivity index (χ3v) is 6.55. The van der Waals surface area contributed by atoms with Crippen molar-refractivity contribution in [2.24, 2.45) is 0 Å². The summed E-state index contributed by atoms with van der Waals surface area (Å²) in [6.07, 6.45) is 2.91. The Bertz CT molecular complexity index is 1610. The summed E-state index contributed by atoms with van der Waals surface area (Å²) >= 11 is 0. The molecule has 0 unspecified atom stereocenters. The predicted octanol–water partition coefficient (Wildman–Crippen LogP) is 4.29. The number of sulfone groups is 1. The van der Waals surface area contributed by atoms with Crippen LogP contribution in [0.25, 0.3) is 21.8 Å². The fraction of sp³-hybridized carbons (Fsp3) is 0.0800. The number of para-hydroxylation sites is 1. The van der Waals surface area contributed by atoms with Gasteiger partial charge in [0.05, 0.1) is 22.5 Å². The summed E-state index contributed by atoms with van der Waals surface area (Å²) in [6, 6.07) is 23.6. The van der Waals surface area contributed by atoms with Crippen LogP contribution in [0.1, 0.15) is 16.1 Å². The largest absolute Gasteiger partial charge is 0.321 e. The Morgan fingerprint density at radius 2 is 1.76 bits per heavy atom. The average molecular weight is 457 g/mol. The Morgan fingerprint density at radius 3 is 2.55 bits per heavy atom. The highest BCUT2D eigenvalue weighted by Gasteiger charge is 2.18. The summed E-state index contributed by atoms with van der Waals surface area (Å²) in [6.45, 7) is 0.402. The second-order valence-electron chi connectivity index (χ2n) is 7.80. The smallest absolute Gasteiger partial charge is 0.276 e. The highest BCUT2D eigenvalue weighted by Crippen LogP contribution is 2.23. The Balaban J connectivity index is 1.45. The number of nitrogens with one attached hydrogen (secondary N) is 1. The molecule has 2 aromatic heterocycles. The molecule has 0 radical (unpaired) electrons. The van der Waals surface area contributed by atoms with Crippen LogP contribution in [0.5, 0.6) is 0 Å². The number of pyridine rings is 1. The van der Waals surface area contributed by atoms with E-state index in [-0.39, 0.29) is 10.8 Å². The number of hydrogen-bond acceptors (Lipinski definition) is 5. The first-order valence-corrected chi connectivity index (χ1v) is 12.2. The summed E-state index contributed by atoms with van der Waals surface area (Å²) in [5, 5.41) is 9.20. The number of aromatic nitrogens is 3. The number of benzene rings is 3. The van der Waals surface area contributed by atoms with E-state index in [0.717, 1.165) is 27.4 Å². The Hall–Kier alpha value is -4.04. The molecule has 0 atom stereocenters. The molecule has 7 nitrogen and oxygen atoms in total. The normalized spacial score (nSPS) is 11.7. The third-order valence-electron chi connectivity index (χ3n) is 5.42. The van der Waals surface area contributed by atoms with Gasteiger partial charge in [-0.2, -0.15) is 5.10 Å². The Morgan fingerprint density at radius 1 is 0.970 bits per heavy atom. The lowest BCUT2D eigenvalue weighted by molar-refractivity contribution is 0.102. The zero-order chi connectivity index (χ0) is 23.0. The first kappa shape index (κ1) is 20.8. The molecule has 0 aliphatic rings. The van der Waals surface area contributed by atoms with Crippen LogP contribution in [0.15, 0.2) is 90.0 Å². The quantitative estimate of drug-likeness (QED) is 0.426. The Labute approximate surface area is 190 Å². The van der Waals surface area contributed by atoms with Gasteiger partial charge in [0, 0.05) is 28.9 Å². The van der Waals surface area contributed by atoms with Crippen LogP contribution in [-0.2, 0) is 16.4 Å².